The van der Waals surface area contributed by atoms with Gasteiger partial charge in [0, 0.05) is 17.9 Å². The predicted octanol–water partition coefficient (Wildman–Crippen LogP) is 4.08. The van der Waals surface area contributed by atoms with Gasteiger partial charge in [-0.2, -0.15) is 0 Å². The average Bonchev–Trinajstić information content (AvgIpc) is 3.24. The number of nitrogens with zero attached hydrogens (tertiary/aromatic N) is 1. The van der Waals surface area contributed by atoms with Crippen molar-refractivity contribution in [3.8, 4) is 5.75 Å². The molecule has 2 N–H and O–H groups in total. The van der Waals surface area contributed by atoms with Crippen molar-refractivity contribution in [2.75, 3.05) is 31.3 Å². The first-order valence-corrected chi connectivity index (χ1v) is 9.97. The molecule has 0 spiro atoms. The Morgan fingerprint density at radius 2 is 1.72 bits per heavy atom. The largest absolute Gasteiger partial charge is 0.497 e. The summed E-state index contributed by atoms with van der Waals surface area (Å²) in [5, 5.41) is 7.57. The van der Waals surface area contributed by atoms with Crippen LogP contribution in [0.15, 0.2) is 66.0 Å². The second-order valence-corrected chi connectivity index (χ2v) is 7.53. The molecule has 0 aliphatic carbocycles. The lowest BCUT2D eigenvalue weighted by atomic mass is 10.2. The molecule has 3 rings (SSSR count). The fraction of sp³-hybridized carbons (Fsp3) is 0.182. The average molecular weight is 410 g/mol. The summed E-state index contributed by atoms with van der Waals surface area (Å²) >= 11 is 1.39. The molecule has 1 aromatic heterocycles. The van der Waals surface area contributed by atoms with E-state index in [4.69, 9.17) is 4.74 Å². The number of ether oxygens (including phenoxy) is 1. The van der Waals surface area contributed by atoms with Gasteiger partial charge in [0.1, 0.15) is 5.75 Å². The third-order valence-corrected chi connectivity index (χ3v) is 5.04. The van der Waals surface area contributed by atoms with Crippen molar-refractivity contribution in [1.29, 1.82) is 0 Å². The van der Waals surface area contributed by atoms with E-state index in [0.717, 1.165) is 11.3 Å². The Hall–Kier alpha value is -3.16. The van der Waals surface area contributed by atoms with Crippen LogP contribution in [0.3, 0.4) is 0 Å². The van der Waals surface area contributed by atoms with Crippen LogP contribution in [0.1, 0.15) is 15.2 Å². The van der Waals surface area contributed by atoms with Crippen molar-refractivity contribution in [2.24, 2.45) is 0 Å². The zero-order valence-corrected chi connectivity index (χ0v) is 17.2. The van der Waals surface area contributed by atoms with Crippen LogP contribution >= 0.6 is 11.3 Å². The number of methoxy groups -OCH3 is 1. The molecule has 0 fully saturated rings. The Morgan fingerprint density at radius 1 is 1.00 bits per heavy atom. The number of carbonyl (C=O) groups is 2. The Labute approximate surface area is 174 Å². The summed E-state index contributed by atoms with van der Waals surface area (Å²) in [4.78, 5) is 27.0. The maximum Gasteiger partial charge on any atom is 0.265 e. The quantitative estimate of drug-likeness (QED) is 0.588. The lowest BCUT2D eigenvalue weighted by molar-refractivity contribution is -0.117. The molecule has 0 bridgehead atoms. The molecule has 0 saturated carbocycles. The molecule has 1 heterocycles. The van der Waals surface area contributed by atoms with Crippen LogP contribution in [-0.4, -0.2) is 37.4 Å². The molecule has 0 atom stereocenters. The molecule has 3 aromatic rings. The minimum Gasteiger partial charge on any atom is -0.497 e. The van der Waals surface area contributed by atoms with Crippen molar-refractivity contribution in [3.63, 3.8) is 0 Å². The Bertz CT molecular complexity index is 956. The standard InChI is InChI=1S/C22H23N3O3S/c1-25(14-16-5-3-6-19(13-16)28-2)15-21(26)23-17-8-10-18(11-9-17)24-22(27)20-7-4-12-29-20/h3-13H,14-15H2,1-2H3,(H,23,26)(H,24,27). The number of amides is 2. The summed E-state index contributed by atoms with van der Waals surface area (Å²) in [6.45, 7) is 0.895. The Balaban J connectivity index is 1.49. The first-order valence-electron chi connectivity index (χ1n) is 9.10. The third-order valence-electron chi connectivity index (χ3n) is 4.17. The fourth-order valence-electron chi connectivity index (χ4n) is 2.82. The number of likely N-dealkylation sites (N-methyl/N-ethyl adjacent to an activating group) is 1. The molecule has 0 unspecified atom stereocenters. The first-order chi connectivity index (χ1) is 14.0. The molecule has 0 saturated heterocycles. The summed E-state index contributed by atoms with van der Waals surface area (Å²) in [6, 6.07) is 18.5. The molecular weight excluding hydrogens is 386 g/mol. The summed E-state index contributed by atoms with van der Waals surface area (Å²) < 4.78 is 5.23. The van der Waals surface area contributed by atoms with Gasteiger partial charge in [-0.25, -0.2) is 0 Å². The van der Waals surface area contributed by atoms with Crippen LogP contribution in [0, 0.1) is 0 Å². The fourth-order valence-corrected chi connectivity index (χ4v) is 3.44. The molecule has 7 heteroatoms. The Morgan fingerprint density at radius 3 is 2.38 bits per heavy atom. The number of thiophene rings is 1. The van der Waals surface area contributed by atoms with E-state index in [9.17, 15) is 9.59 Å². The van der Waals surface area contributed by atoms with Crippen molar-refractivity contribution < 1.29 is 14.3 Å². The molecule has 150 valence electrons. The van der Waals surface area contributed by atoms with Gasteiger partial charge in [-0.15, -0.1) is 11.3 Å². The van der Waals surface area contributed by atoms with E-state index < -0.39 is 0 Å². The van der Waals surface area contributed by atoms with Crippen molar-refractivity contribution in [1.82, 2.24) is 4.90 Å². The SMILES string of the molecule is COc1cccc(CN(C)CC(=O)Nc2ccc(NC(=O)c3cccs3)cc2)c1. The zero-order valence-electron chi connectivity index (χ0n) is 16.3. The highest BCUT2D eigenvalue weighted by Gasteiger charge is 2.09. The molecule has 0 aliphatic heterocycles. The smallest absolute Gasteiger partial charge is 0.265 e. The number of hydrogen-bond acceptors (Lipinski definition) is 5. The number of benzene rings is 2. The maximum absolute atomic E-state index is 12.3. The second kappa shape index (κ2) is 9.86. The van der Waals surface area contributed by atoms with E-state index in [1.165, 1.54) is 11.3 Å². The summed E-state index contributed by atoms with van der Waals surface area (Å²) in [5.74, 6) is 0.549. The van der Waals surface area contributed by atoms with Crippen LogP contribution in [0.2, 0.25) is 0 Å². The highest BCUT2D eigenvalue weighted by Crippen LogP contribution is 2.17. The topological polar surface area (TPSA) is 70.7 Å². The number of carbonyl (C=O) groups excluding carboxylic acids is 2. The maximum atomic E-state index is 12.3. The summed E-state index contributed by atoms with van der Waals surface area (Å²) in [5.41, 5.74) is 2.43. The minimum absolute atomic E-state index is 0.106. The molecule has 6 nitrogen and oxygen atoms in total. The normalized spacial score (nSPS) is 10.6. The van der Waals surface area contributed by atoms with E-state index in [0.29, 0.717) is 22.8 Å². The summed E-state index contributed by atoms with van der Waals surface area (Å²) in [6.07, 6.45) is 0. The minimum atomic E-state index is -0.143. The Kier molecular flexibility index (Phi) is 6.99. The molecule has 2 aromatic carbocycles. The van der Waals surface area contributed by atoms with Gasteiger partial charge in [-0.1, -0.05) is 18.2 Å². The molecule has 0 radical (unpaired) electrons. The lowest BCUT2D eigenvalue weighted by Crippen LogP contribution is -2.29. The van der Waals surface area contributed by atoms with E-state index in [2.05, 4.69) is 10.6 Å². The van der Waals surface area contributed by atoms with Crippen molar-refractivity contribution in [2.45, 2.75) is 6.54 Å². The number of rotatable bonds is 8. The van der Waals surface area contributed by atoms with Gasteiger partial charge in [0.25, 0.3) is 5.91 Å². The summed E-state index contributed by atoms with van der Waals surface area (Å²) in [7, 11) is 3.53. The van der Waals surface area contributed by atoms with E-state index in [1.807, 2.05) is 47.7 Å². The van der Waals surface area contributed by atoms with Crippen LogP contribution in [0.25, 0.3) is 0 Å². The van der Waals surface area contributed by atoms with E-state index in [1.54, 1.807) is 37.4 Å². The van der Waals surface area contributed by atoms with Gasteiger partial charge < -0.3 is 15.4 Å². The molecule has 29 heavy (non-hydrogen) atoms. The van der Waals surface area contributed by atoms with Crippen LogP contribution < -0.4 is 15.4 Å². The number of nitrogens with one attached hydrogen (secondary N) is 2. The number of anilines is 2. The van der Waals surface area contributed by atoms with E-state index in [-0.39, 0.29) is 18.4 Å². The van der Waals surface area contributed by atoms with Gasteiger partial charge in [0.2, 0.25) is 5.91 Å². The first kappa shape index (κ1) is 20.6. The third kappa shape index (κ3) is 6.17. The highest BCUT2D eigenvalue weighted by atomic mass is 32.1. The monoisotopic (exact) mass is 409 g/mol. The van der Waals surface area contributed by atoms with Gasteiger partial charge in [-0.3, -0.25) is 14.5 Å². The highest BCUT2D eigenvalue weighted by molar-refractivity contribution is 7.12. The van der Waals surface area contributed by atoms with Crippen molar-refractivity contribution in [3.05, 3.63) is 76.5 Å². The van der Waals surface area contributed by atoms with Gasteiger partial charge in [-0.05, 0) is 60.5 Å². The second-order valence-electron chi connectivity index (χ2n) is 6.58. The molecule has 2 amide bonds. The van der Waals surface area contributed by atoms with Crippen LogP contribution in [0.5, 0.6) is 5.75 Å². The van der Waals surface area contributed by atoms with Gasteiger partial charge >= 0.3 is 0 Å². The predicted molar refractivity (Wildman–Crippen MR) is 117 cm³/mol. The van der Waals surface area contributed by atoms with Crippen LogP contribution in [0.4, 0.5) is 11.4 Å². The lowest BCUT2D eigenvalue weighted by Gasteiger charge is -2.17. The van der Waals surface area contributed by atoms with Gasteiger partial charge in [0.05, 0.1) is 18.5 Å². The van der Waals surface area contributed by atoms with E-state index >= 15 is 0 Å². The molecular formula is C22H23N3O3S. The zero-order chi connectivity index (χ0) is 20.6. The van der Waals surface area contributed by atoms with Crippen LogP contribution in [-0.2, 0) is 11.3 Å². The number of hydrogen-bond donors (Lipinski definition) is 2. The van der Waals surface area contributed by atoms with Crippen molar-refractivity contribution >= 4 is 34.5 Å². The van der Waals surface area contributed by atoms with Gasteiger partial charge in [0.15, 0.2) is 0 Å². The molecule has 0 aliphatic rings.